The Hall–Kier alpha value is -1.66. The molecular formula is C14H22N4O2. The first kappa shape index (κ1) is 14.7. The lowest BCUT2D eigenvalue weighted by Crippen LogP contribution is -2.38. The Kier molecular flexibility index (Phi) is 4.57. The summed E-state index contributed by atoms with van der Waals surface area (Å²) < 4.78 is 10.4. The monoisotopic (exact) mass is 278 g/mol. The second-order valence-electron chi connectivity index (χ2n) is 5.66. The highest BCUT2D eigenvalue weighted by Crippen LogP contribution is 2.19. The number of rotatable bonds is 7. The van der Waals surface area contributed by atoms with E-state index in [0.717, 1.165) is 13.1 Å². The minimum atomic E-state index is 0.0730. The van der Waals surface area contributed by atoms with Gasteiger partial charge in [0.15, 0.2) is 11.6 Å². The molecule has 0 aromatic carbocycles. The Bertz CT molecular complexity index is 519. The lowest BCUT2D eigenvalue weighted by atomic mass is 9.93. The Balaban J connectivity index is 2.01. The maximum atomic E-state index is 5.78. The lowest BCUT2D eigenvalue weighted by Gasteiger charge is -2.30. The summed E-state index contributed by atoms with van der Waals surface area (Å²) in [5.41, 5.74) is 5.86. The van der Waals surface area contributed by atoms with Crippen molar-refractivity contribution in [1.82, 2.24) is 15.0 Å². The highest BCUT2D eigenvalue weighted by atomic mass is 16.5. The number of nitrogens with zero attached hydrogens (tertiary/aromatic N) is 3. The van der Waals surface area contributed by atoms with Crippen LogP contribution < -0.4 is 5.73 Å². The van der Waals surface area contributed by atoms with Gasteiger partial charge in [-0.1, -0.05) is 25.9 Å². The van der Waals surface area contributed by atoms with Gasteiger partial charge in [0.1, 0.15) is 0 Å². The summed E-state index contributed by atoms with van der Waals surface area (Å²) in [6.07, 6.45) is 1.58. The van der Waals surface area contributed by atoms with Gasteiger partial charge in [0.25, 0.3) is 5.89 Å². The standard InChI is InChI=1S/C14H22N4O2/c1-4-18(10-14(2,3)9-15)8-12-16-13(20-17-12)11-6-5-7-19-11/h5-7H,4,8-10,15H2,1-3H3. The van der Waals surface area contributed by atoms with Gasteiger partial charge in [-0.15, -0.1) is 0 Å². The number of aromatic nitrogens is 2. The van der Waals surface area contributed by atoms with Crippen LogP contribution in [0.25, 0.3) is 11.7 Å². The van der Waals surface area contributed by atoms with Crippen LogP contribution in [0.1, 0.15) is 26.6 Å². The zero-order valence-corrected chi connectivity index (χ0v) is 12.3. The molecule has 20 heavy (non-hydrogen) atoms. The van der Waals surface area contributed by atoms with Crippen molar-refractivity contribution in [3.05, 3.63) is 24.2 Å². The molecule has 0 saturated carbocycles. The molecule has 0 aliphatic carbocycles. The van der Waals surface area contributed by atoms with Crippen LogP contribution in [-0.2, 0) is 6.54 Å². The van der Waals surface area contributed by atoms with Crippen LogP contribution in [0, 0.1) is 5.41 Å². The summed E-state index contributed by atoms with van der Waals surface area (Å²) in [4.78, 5) is 6.61. The van der Waals surface area contributed by atoms with Gasteiger partial charge in [-0.3, -0.25) is 4.90 Å². The van der Waals surface area contributed by atoms with E-state index >= 15 is 0 Å². The largest absolute Gasteiger partial charge is 0.459 e. The van der Waals surface area contributed by atoms with Crippen LogP contribution in [0.5, 0.6) is 0 Å². The molecular weight excluding hydrogens is 256 g/mol. The van der Waals surface area contributed by atoms with Crippen LogP contribution in [0.3, 0.4) is 0 Å². The van der Waals surface area contributed by atoms with E-state index in [2.05, 4.69) is 35.8 Å². The third kappa shape index (κ3) is 3.68. The number of hydrogen-bond donors (Lipinski definition) is 1. The van der Waals surface area contributed by atoms with Gasteiger partial charge in [-0.25, -0.2) is 0 Å². The van der Waals surface area contributed by atoms with Crippen molar-refractivity contribution < 1.29 is 8.94 Å². The number of nitrogens with two attached hydrogens (primary N) is 1. The molecule has 0 radical (unpaired) electrons. The summed E-state index contributed by atoms with van der Waals surface area (Å²) in [7, 11) is 0. The van der Waals surface area contributed by atoms with Crippen molar-refractivity contribution in [2.24, 2.45) is 11.1 Å². The highest BCUT2D eigenvalue weighted by Gasteiger charge is 2.21. The SMILES string of the molecule is CCN(Cc1noc(-c2ccco2)n1)CC(C)(C)CN. The molecule has 0 amide bonds. The van der Waals surface area contributed by atoms with Crippen LogP contribution >= 0.6 is 0 Å². The number of furan rings is 1. The molecule has 2 aromatic rings. The molecule has 0 atom stereocenters. The van der Waals surface area contributed by atoms with Crippen molar-refractivity contribution in [2.45, 2.75) is 27.3 Å². The molecule has 6 nitrogen and oxygen atoms in total. The third-order valence-electron chi connectivity index (χ3n) is 3.22. The molecule has 0 fully saturated rings. The van der Waals surface area contributed by atoms with E-state index in [0.29, 0.717) is 30.6 Å². The first-order valence-electron chi connectivity index (χ1n) is 6.83. The van der Waals surface area contributed by atoms with Gasteiger partial charge in [-0.05, 0) is 30.6 Å². The molecule has 2 aromatic heterocycles. The normalized spacial score (nSPS) is 12.2. The van der Waals surface area contributed by atoms with E-state index in [4.69, 9.17) is 14.7 Å². The molecule has 2 heterocycles. The Labute approximate surface area is 118 Å². The summed E-state index contributed by atoms with van der Waals surface area (Å²) in [5.74, 6) is 1.67. The van der Waals surface area contributed by atoms with Gasteiger partial charge in [0, 0.05) is 6.54 Å². The Morgan fingerprint density at radius 2 is 2.20 bits per heavy atom. The van der Waals surface area contributed by atoms with E-state index in [-0.39, 0.29) is 5.41 Å². The second kappa shape index (κ2) is 6.19. The van der Waals surface area contributed by atoms with Crippen molar-refractivity contribution in [1.29, 1.82) is 0 Å². The van der Waals surface area contributed by atoms with Gasteiger partial charge in [-0.2, -0.15) is 4.98 Å². The molecule has 0 saturated heterocycles. The van der Waals surface area contributed by atoms with E-state index < -0.39 is 0 Å². The fourth-order valence-electron chi connectivity index (χ4n) is 1.97. The summed E-state index contributed by atoms with van der Waals surface area (Å²) >= 11 is 0. The summed E-state index contributed by atoms with van der Waals surface area (Å²) in [5, 5.41) is 4.00. The predicted molar refractivity (Wildman–Crippen MR) is 75.8 cm³/mol. The fraction of sp³-hybridized carbons (Fsp3) is 0.571. The first-order chi connectivity index (χ1) is 9.54. The molecule has 0 aliphatic heterocycles. The van der Waals surface area contributed by atoms with Gasteiger partial charge < -0.3 is 14.7 Å². The smallest absolute Gasteiger partial charge is 0.293 e. The molecule has 0 spiro atoms. The van der Waals surface area contributed by atoms with Gasteiger partial charge in [0.2, 0.25) is 0 Å². The summed E-state index contributed by atoms with van der Waals surface area (Å²) in [6.45, 7) is 9.51. The first-order valence-corrected chi connectivity index (χ1v) is 6.83. The molecule has 0 aliphatic rings. The van der Waals surface area contributed by atoms with Crippen LogP contribution in [0.15, 0.2) is 27.3 Å². The minimum absolute atomic E-state index is 0.0730. The average Bonchev–Trinajstić information content (AvgIpc) is 3.08. The summed E-state index contributed by atoms with van der Waals surface area (Å²) in [6, 6.07) is 3.59. The van der Waals surface area contributed by atoms with Crippen LogP contribution in [0.2, 0.25) is 0 Å². The van der Waals surface area contributed by atoms with E-state index in [9.17, 15) is 0 Å². The number of hydrogen-bond acceptors (Lipinski definition) is 6. The van der Waals surface area contributed by atoms with Gasteiger partial charge >= 0.3 is 0 Å². The quantitative estimate of drug-likeness (QED) is 0.835. The lowest BCUT2D eigenvalue weighted by molar-refractivity contribution is 0.178. The minimum Gasteiger partial charge on any atom is -0.459 e. The Morgan fingerprint density at radius 1 is 1.40 bits per heavy atom. The maximum absolute atomic E-state index is 5.78. The molecule has 6 heteroatoms. The highest BCUT2D eigenvalue weighted by molar-refractivity contribution is 5.42. The van der Waals surface area contributed by atoms with Crippen LogP contribution in [-0.4, -0.2) is 34.7 Å². The van der Waals surface area contributed by atoms with Crippen LogP contribution in [0.4, 0.5) is 0 Å². The topological polar surface area (TPSA) is 81.3 Å². The zero-order chi connectivity index (χ0) is 14.6. The fourth-order valence-corrected chi connectivity index (χ4v) is 1.97. The molecule has 110 valence electrons. The molecule has 0 unspecified atom stereocenters. The van der Waals surface area contributed by atoms with Gasteiger partial charge in [0.05, 0.1) is 12.8 Å². The molecule has 2 rings (SSSR count). The van der Waals surface area contributed by atoms with Crippen molar-refractivity contribution >= 4 is 0 Å². The van der Waals surface area contributed by atoms with E-state index in [1.54, 1.807) is 18.4 Å². The molecule has 0 bridgehead atoms. The van der Waals surface area contributed by atoms with Crippen molar-refractivity contribution in [3.63, 3.8) is 0 Å². The second-order valence-corrected chi connectivity index (χ2v) is 5.66. The Morgan fingerprint density at radius 3 is 2.80 bits per heavy atom. The zero-order valence-electron chi connectivity index (χ0n) is 12.3. The molecule has 2 N–H and O–H groups in total. The van der Waals surface area contributed by atoms with E-state index in [1.807, 2.05) is 0 Å². The maximum Gasteiger partial charge on any atom is 0.293 e. The van der Waals surface area contributed by atoms with Crippen molar-refractivity contribution in [2.75, 3.05) is 19.6 Å². The predicted octanol–water partition coefficient (Wildman–Crippen LogP) is 2.14. The van der Waals surface area contributed by atoms with Crippen molar-refractivity contribution in [3.8, 4) is 11.7 Å². The average molecular weight is 278 g/mol. The third-order valence-corrected chi connectivity index (χ3v) is 3.22. The van der Waals surface area contributed by atoms with E-state index in [1.165, 1.54) is 0 Å².